The molecule has 0 amide bonds. The van der Waals surface area contributed by atoms with Crippen LogP contribution in [0.15, 0.2) is 0 Å². The van der Waals surface area contributed by atoms with Gasteiger partial charge < -0.3 is 9.84 Å². The molecule has 2 atom stereocenters. The van der Waals surface area contributed by atoms with Gasteiger partial charge in [-0.2, -0.15) is 5.26 Å². The van der Waals surface area contributed by atoms with Gasteiger partial charge in [-0.1, -0.05) is 58.8 Å². The fourth-order valence-electron chi connectivity index (χ4n) is 2.75. The van der Waals surface area contributed by atoms with Crippen LogP contribution in [0.4, 0.5) is 0 Å². The molecule has 0 radical (unpaired) electrons. The van der Waals surface area contributed by atoms with Gasteiger partial charge in [0, 0.05) is 0 Å². The van der Waals surface area contributed by atoms with E-state index >= 15 is 0 Å². The van der Waals surface area contributed by atoms with Crippen LogP contribution >= 0.6 is 0 Å². The second-order valence-corrected chi connectivity index (χ2v) is 6.06. The van der Waals surface area contributed by atoms with Crippen molar-refractivity contribution < 1.29 is 14.6 Å². The van der Waals surface area contributed by atoms with Gasteiger partial charge in [0.15, 0.2) is 0 Å². The first-order chi connectivity index (χ1) is 10.7. The number of nitrogens with zero attached hydrogens (tertiary/aromatic N) is 1. The van der Waals surface area contributed by atoms with Crippen molar-refractivity contribution in [2.75, 3.05) is 13.2 Å². The highest BCUT2D eigenvalue weighted by Gasteiger charge is 2.20. The van der Waals surface area contributed by atoms with E-state index in [-0.39, 0.29) is 18.9 Å². The van der Waals surface area contributed by atoms with Crippen LogP contribution in [-0.2, 0) is 9.53 Å². The van der Waals surface area contributed by atoms with Crippen molar-refractivity contribution in [3.8, 4) is 6.07 Å². The molecule has 0 rings (SSSR count). The first kappa shape index (κ1) is 20.9. The minimum Gasteiger partial charge on any atom is -0.481 e. The van der Waals surface area contributed by atoms with E-state index in [0.717, 1.165) is 19.3 Å². The Hall–Kier alpha value is -1.08. The summed E-state index contributed by atoms with van der Waals surface area (Å²) in [5.41, 5.74) is 0. The molecular formula is C18H33NO3. The summed E-state index contributed by atoms with van der Waals surface area (Å²) in [6.07, 6.45) is 10.8. The van der Waals surface area contributed by atoms with Crippen molar-refractivity contribution in [1.82, 2.24) is 0 Å². The molecule has 2 unspecified atom stereocenters. The lowest BCUT2D eigenvalue weighted by molar-refractivity contribution is -0.138. The van der Waals surface area contributed by atoms with Crippen molar-refractivity contribution in [2.45, 2.75) is 78.1 Å². The molecule has 1 N–H and O–H groups in total. The van der Waals surface area contributed by atoms with Gasteiger partial charge in [0.05, 0.1) is 31.6 Å². The zero-order valence-electron chi connectivity index (χ0n) is 14.4. The summed E-state index contributed by atoms with van der Waals surface area (Å²) in [7, 11) is 0. The number of carboxylic acids is 1. The molecule has 0 aromatic heterocycles. The molecule has 0 bridgehead atoms. The Bertz CT molecular complexity index is 312. The predicted octanol–water partition coefficient (Wildman–Crippen LogP) is 4.78. The number of hydrogen-bond donors (Lipinski definition) is 1. The van der Waals surface area contributed by atoms with Gasteiger partial charge in [0.1, 0.15) is 0 Å². The molecule has 0 saturated carbocycles. The predicted molar refractivity (Wildman–Crippen MR) is 88.6 cm³/mol. The maximum Gasteiger partial charge on any atom is 0.305 e. The summed E-state index contributed by atoms with van der Waals surface area (Å²) in [4.78, 5) is 10.5. The lowest BCUT2D eigenvalue weighted by atomic mass is 9.85. The Labute approximate surface area is 135 Å². The van der Waals surface area contributed by atoms with Gasteiger partial charge in [0.2, 0.25) is 0 Å². The number of nitriles is 1. The number of aliphatic carboxylic acids is 1. The number of carboxylic acid groups (broad SMARTS) is 1. The third-order valence-corrected chi connectivity index (χ3v) is 4.08. The van der Waals surface area contributed by atoms with Gasteiger partial charge in [-0.3, -0.25) is 4.79 Å². The number of ether oxygens (including phenoxy) is 1. The molecule has 0 saturated heterocycles. The molecule has 128 valence electrons. The van der Waals surface area contributed by atoms with Crippen molar-refractivity contribution >= 4 is 5.97 Å². The largest absolute Gasteiger partial charge is 0.481 e. The van der Waals surface area contributed by atoms with E-state index in [9.17, 15) is 10.1 Å². The Morgan fingerprint density at radius 3 is 2.36 bits per heavy atom. The minimum atomic E-state index is -0.856. The van der Waals surface area contributed by atoms with Crippen LogP contribution in [0.3, 0.4) is 0 Å². The summed E-state index contributed by atoms with van der Waals surface area (Å²) < 4.78 is 5.38. The van der Waals surface area contributed by atoms with E-state index in [1.807, 2.05) is 0 Å². The van der Waals surface area contributed by atoms with Gasteiger partial charge in [-0.25, -0.2) is 0 Å². The topological polar surface area (TPSA) is 70.3 Å². The molecule has 4 nitrogen and oxygen atoms in total. The van der Waals surface area contributed by atoms with Gasteiger partial charge in [-0.05, 0) is 18.8 Å². The van der Waals surface area contributed by atoms with Crippen molar-refractivity contribution in [3.63, 3.8) is 0 Å². The third-order valence-electron chi connectivity index (χ3n) is 4.08. The quantitative estimate of drug-likeness (QED) is 0.442. The maximum absolute atomic E-state index is 10.5. The van der Waals surface area contributed by atoms with Crippen LogP contribution in [0.2, 0.25) is 0 Å². The van der Waals surface area contributed by atoms with E-state index in [1.165, 1.54) is 38.5 Å². The number of carbonyl (C=O) groups is 1. The zero-order chi connectivity index (χ0) is 16.6. The number of hydrogen-bond acceptors (Lipinski definition) is 3. The van der Waals surface area contributed by atoms with Crippen molar-refractivity contribution in [2.24, 2.45) is 11.8 Å². The first-order valence-electron chi connectivity index (χ1n) is 8.84. The van der Waals surface area contributed by atoms with E-state index < -0.39 is 5.97 Å². The molecule has 0 aromatic carbocycles. The minimum absolute atomic E-state index is 0.00796. The van der Waals surface area contributed by atoms with Crippen LogP contribution in [0.5, 0.6) is 0 Å². The Morgan fingerprint density at radius 1 is 1.09 bits per heavy atom. The maximum atomic E-state index is 10.5. The van der Waals surface area contributed by atoms with Crippen LogP contribution < -0.4 is 0 Å². The van der Waals surface area contributed by atoms with E-state index in [1.54, 1.807) is 0 Å². The second kappa shape index (κ2) is 14.8. The molecule has 22 heavy (non-hydrogen) atoms. The standard InChI is InChI=1S/C18H33NO3/c1-3-5-6-7-8-9-11-16(10-4-2)17(14-19)15-22-13-12-18(20)21/h16-17H,3-13,15H2,1-2H3,(H,20,21). The smallest absolute Gasteiger partial charge is 0.305 e. The Kier molecular flexibility index (Phi) is 14.1. The van der Waals surface area contributed by atoms with Crippen molar-refractivity contribution in [3.05, 3.63) is 0 Å². The molecule has 0 aromatic rings. The van der Waals surface area contributed by atoms with Crippen LogP contribution in [-0.4, -0.2) is 24.3 Å². The first-order valence-corrected chi connectivity index (χ1v) is 8.84. The Balaban J connectivity index is 4.02. The van der Waals surface area contributed by atoms with Crippen LogP contribution in [0.1, 0.15) is 78.1 Å². The third kappa shape index (κ3) is 11.6. The normalized spacial score (nSPS) is 13.5. The number of unbranched alkanes of at least 4 members (excludes halogenated alkanes) is 5. The van der Waals surface area contributed by atoms with Crippen LogP contribution in [0.25, 0.3) is 0 Å². The average Bonchev–Trinajstić information content (AvgIpc) is 2.50. The molecule has 0 fully saturated rings. The molecule has 0 heterocycles. The molecular weight excluding hydrogens is 278 g/mol. The summed E-state index contributed by atoms with van der Waals surface area (Å²) >= 11 is 0. The van der Waals surface area contributed by atoms with Crippen molar-refractivity contribution in [1.29, 1.82) is 5.26 Å². The van der Waals surface area contributed by atoms with Gasteiger partial charge in [0.25, 0.3) is 0 Å². The SMILES string of the molecule is CCCCCCCCC(CCC)C(C#N)COCCC(=O)O. The molecule has 0 aliphatic heterocycles. The van der Waals surface area contributed by atoms with Gasteiger partial charge >= 0.3 is 5.97 Å². The lowest BCUT2D eigenvalue weighted by Crippen LogP contribution is -2.20. The second-order valence-electron chi connectivity index (χ2n) is 6.06. The fourth-order valence-corrected chi connectivity index (χ4v) is 2.75. The van der Waals surface area contributed by atoms with Crippen LogP contribution in [0, 0.1) is 23.2 Å². The van der Waals surface area contributed by atoms with E-state index in [4.69, 9.17) is 9.84 Å². The fraction of sp³-hybridized carbons (Fsp3) is 0.889. The summed E-state index contributed by atoms with van der Waals surface area (Å²) in [5.74, 6) is -0.582. The zero-order valence-corrected chi connectivity index (χ0v) is 14.4. The van der Waals surface area contributed by atoms with E-state index in [0.29, 0.717) is 12.5 Å². The van der Waals surface area contributed by atoms with E-state index in [2.05, 4.69) is 19.9 Å². The molecule has 0 aliphatic rings. The molecule has 0 spiro atoms. The molecule has 0 aliphatic carbocycles. The van der Waals surface area contributed by atoms with Gasteiger partial charge in [-0.15, -0.1) is 0 Å². The molecule has 4 heteroatoms. The average molecular weight is 311 g/mol. The number of rotatable bonds is 15. The highest BCUT2D eigenvalue weighted by molar-refractivity contribution is 5.66. The lowest BCUT2D eigenvalue weighted by Gasteiger charge is -2.21. The summed E-state index contributed by atoms with van der Waals surface area (Å²) in [6.45, 7) is 4.93. The summed E-state index contributed by atoms with van der Waals surface area (Å²) in [6, 6.07) is 2.36. The Morgan fingerprint density at radius 2 is 1.77 bits per heavy atom. The monoisotopic (exact) mass is 311 g/mol. The highest BCUT2D eigenvalue weighted by Crippen LogP contribution is 2.25. The summed E-state index contributed by atoms with van der Waals surface area (Å²) in [5, 5.41) is 17.9. The highest BCUT2D eigenvalue weighted by atomic mass is 16.5.